The summed E-state index contributed by atoms with van der Waals surface area (Å²) in [4.78, 5) is 11.9. The van der Waals surface area contributed by atoms with E-state index in [0.717, 1.165) is 6.42 Å². The summed E-state index contributed by atoms with van der Waals surface area (Å²) in [6, 6.07) is 0. The van der Waals surface area contributed by atoms with Gasteiger partial charge in [0.2, 0.25) is 0 Å². The average Bonchev–Trinajstić information content (AvgIpc) is 2.69. The Hall–Kier alpha value is -1.84. The average molecular weight is 248 g/mol. The maximum Gasteiger partial charge on any atom is 0.257 e. The van der Waals surface area contributed by atoms with Crippen LogP contribution in [-0.4, -0.2) is 17.6 Å². The third-order valence-corrected chi connectivity index (χ3v) is 2.75. The van der Waals surface area contributed by atoms with Crippen molar-refractivity contribution in [3.63, 3.8) is 0 Å². The first kappa shape index (κ1) is 14.2. The number of nitrogens with one attached hydrogen (secondary N) is 1. The summed E-state index contributed by atoms with van der Waals surface area (Å²) in [6.07, 6.45) is 7.01. The number of amides is 1. The molecule has 1 amide bonds. The lowest BCUT2D eigenvalue weighted by atomic mass is 10.2. The second-order valence-corrected chi connectivity index (χ2v) is 4.03. The van der Waals surface area contributed by atoms with Crippen molar-refractivity contribution in [3.8, 4) is 0 Å². The molecule has 1 aromatic heterocycles. The monoisotopic (exact) mass is 248 g/mol. The van der Waals surface area contributed by atoms with Crippen LogP contribution in [-0.2, 0) is 0 Å². The zero-order valence-electron chi connectivity index (χ0n) is 11.4. The molecule has 98 valence electrons. The highest BCUT2D eigenvalue weighted by Crippen LogP contribution is 2.11. The summed E-state index contributed by atoms with van der Waals surface area (Å²) in [5.74, 6) is 0.408. The zero-order valence-corrected chi connectivity index (χ0v) is 11.4. The molecule has 4 nitrogen and oxygen atoms in total. The van der Waals surface area contributed by atoms with E-state index in [1.54, 1.807) is 13.8 Å². The first-order valence-corrected chi connectivity index (χ1v) is 6.12. The topological polar surface area (TPSA) is 55.1 Å². The van der Waals surface area contributed by atoms with E-state index in [-0.39, 0.29) is 5.91 Å². The molecule has 0 aliphatic carbocycles. The van der Waals surface area contributed by atoms with E-state index < -0.39 is 0 Å². The van der Waals surface area contributed by atoms with Crippen LogP contribution in [0.4, 0.5) is 0 Å². The van der Waals surface area contributed by atoms with Crippen molar-refractivity contribution in [2.45, 2.75) is 34.1 Å². The predicted molar refractivity (Wildman–Crippen MR) is 71.5 cm³/mol. The molecule has 0 bridgehead atoms. The number of carbonyl (C=O) groups is 1. The fraction of sp³-hybridized carbons (Fsp3) is 0.429. The van der Waals surface area contributed by atoms with E-state index >= 15 is 0 Å². The lowest BCUT2D eigenvalue weighted by Crippen LogP contribution is -2.24. The molecule has 0 saturated carbocycles. The van der Waals surface area contributed by atoms with E-state index in [2.05, 4.69) is 23.5 Å². The van der Waals surface area contributed by atoms with E-state index in [1.807, 2.05) is 19.1 Å². The standard InChI is InChI=1S/C14H20N2O2/c1-5-12(6-2)8-7-9-15-14(17)13-10(3)16-18-11(13)4/h5,7-8H,6,9H2,1-4H3,(H,15,17)/b8-7-,12-5+. The minimum Gasteiger partial charge on any atom is -0.361 e. The van der Waals surface area contributed by atoms with Crippen LogP contribution in [0.3, 0.4) is 0 Å². The molecule has 0 aliphatic heterocycles. The van der Waals surface area contributed by atoms with Gasteiger partial charge < -0.3 is 9.84 Å². The summed E-state index contributed by atoms with van der Waals surface area (Å²) < 4.78 is 4.96. The molecule has 18 heavy (non-hydrogen) atoms. The van der Waals surface area contributed by atoms with Gasteiger partial charge in [0.1, 0.15) is 11.3 Å². The largest absolute Gasteiger partial charge is 0.361 e. The van der Waals surface area contributed by atoms with Gasteiger partial charge in [-0.15, -0.1) is 0 Å². The van der Waals surface area contributed by atoms with Gasteiger partial charge in [-0.05, 0) is 27.2 Å². The van der Waals surface area contributed by atoms with Gasteiger partial charge in [-0.1, -0.05) is 35.9 Å². The Labute approximate surface area is 108 Å². The highest BCUT2D eigenvalue weighted by molar-refractivity contribution is 5.96. The van der Waals surface area contributed by atoms with E-state index in [4.69, 9.17) is 4.52 Å². The van der Waals surface area contributed by atoms with Crippen molar-refractivity contribution >= 4 is 5.91 Å². The fourth-order valence-electron chi connectivity index (χ4n) is 1.68. The third-order valence-electron chi connectivity index (χ3n) is 2.75. The van der Waals surface area contributed by atoms with E-state index in [0.29, 0.717) is 23.6 Å². The Bertz CT molecular complexity index is 451. The van der Waals surface area contributed by atoms with Gasteiger partial charge in [0.05, 0.1) is 5.69 Å². The number of aromatic nitrogens is 1. The van der Waals surface area contributed by atoms with Crippen molar-refractivity contribution in [1.82, 2.24) is 10.5 Å². The Morgan fingerprint density at radius 3 is 2.67 bits per heavy atom. The SMILES string of the molecule is C/C=C(/C=C\CNC(=O)c1c(C)noc1C)CC. The molecule has 0 spiro atoms. The number of allylic oxidation sites excluding steroid dienone is 3. The Morgan fingerprint density at radius 1 is 1.44 bits per heavy atom. The molecule has 4 heteroatoms. The first-order chi connectivity index (χ1) is 8.60. The smallest absolute Gasteiger partial charge is 0.257 e. The van der Waals surface area contributed by atoms with Crippen molar-refractivity contribution in [2.75, 3.05) is 6.54 Å². The molecule has 1 rings (SSSR count). The van der Waals surface area contributed by atoms with Crippen LogP contribution in [0.25, 0.3) is 0 Å². The minimum atomic E-state index is -0.144. The second kappa shape index (κ2) is 6.79. The van der Waals surface area contributed by atoms with Crippen LogP contribution in [0.5, 0.6) is 0 Å². The predicted octanol–water partition coefficient (Wildman–Crippen LogP) is 2.93. The fourth-order valence-corrected chi connectivity index (χ4v) is 1.68. The molecule has 0 aromatic carbocycles. The quantitative estimate of drug-likeness (QED) is 0.815. The van der Waals surface area contributed by atoms with Crippen LogP contribution in [0, 0.1) is 13.8 Å². The number of hydrogen-bond donors (Lipinski definition) is 1. The Morgan fingerprint density at radius 2 is 2.17 bits per heavy atom. The van der Waals surface area contributed by atoms with Crippen LogP contribution >= 0.6 is 0 Å². The minimum absolute atomic E-state index is 0.144. The molecule has 0 radical (unpaired) electrons. The second-order valence-electron chi connectivity index (χ2n) is 4.03. The highest BCUT2D eigenvalue weighted by Gasteiger charge is 2.16. The van der Waals surface area contributed by atoms with E-state index in [9.17, 15) is 4.79 Å². The maximum absolute atomic E-state index is 11.9. The molecule has 0 fully saturated rings. The highest BCUT2D eigenvalue weighted by atomic mass is 16.5. The molecule has 0 atom stereocenters. The molecular weight excluding hydrogens is 228 g/mol. The first-order valence-electron chi connectivity index (χ1n) is 6.12. The summed E-state index contributed by atoms with van der Waals surface area (Å²) in [5.41, 5.74) is 2.41. The van der Waals surface area contributed by atoms with Crippen molar-refractivity contribution in [2.24, 2.45) is 0 Å². The van der Waals surface area contributed by atoms with Crippen molar-refractivity contribution in [1.29, 1.82) is 0 Å². The molecule has 0 unspecified atom stereocenters. The van der Waals surface area contributed by atoms with Gasteiger partial charge in [-0.3, -0.25) is 4.79 Å². The summed E-state index contributed by atoms with van der Waals surface area (Å²) in [5, 5.41) is 6.57. The Kier molecular flexibility index (Phi) is 5.36. The van der Waals surface area contributed by atoms with Gasteiger partial charge in [0.15, 0.2) is 0 Å². The van der Waals surface area contributed by atoms with Gasteiger partial charge in [0.25, 0.3) is 5.91 Å². The lowest BCUT2D eigenvalue weighted by Gasteiger charge is -2.01. The molecule has 1 aromatic rings. The van der Waals surface area contributed by atoms with Gasteiger partial charge in [-0.25, -0.2) is 0 Å². The molecule has 1 N–H and O–H groups in total. The number of carbonyl (C=O) groups excluding carboxylic acids is 1. The Balaban J connectivity index is 2.53. The summed E-state index contributed by atoms with van der Waals surface area (Å²) >= 11 is 0. The number of rotatable bonds is 5. The van der Waals surface area contributed by atoms with Crippen LogP contribution in [0.1, 0.15) is 42.1 Å². The van der Waals surface area contributed by atoms with Crippen molar-refractivity contribution in [3.05, 3.63) is 40.8 Å². The molecule has 0 saturated heterocycles. The third kappa shape index (κ3) is 3.58. The van der Waals surface area contributed by atoms with Crippen LogP contribution in [0.2, 0.25) is 0 Å². The van der Waals surface area contributed by atoms with Crippen molar-refractivity contribution < 1.29 is 9.32 Å². The van der Waals surface area contributed by atoms with Crippen LogP contribution in [0.15, 0.2) is 28.3 Å². The number of aryl methyl sites for hydroxylation is 2. The molecular formula is C14H20N2O2. The van der Waals surface area contributed by atoms with Gasteiger partial charge >= 0.3 is 0 Å². The zero-order chi connectivity index (χ0) is 13.5. The van der Waals surface area contributed by atoms with E-state index in [1.165, 1.54) is 5.57 Å². The number of hydrogen-bond acceptors (Lipinski definition) is 3. The summed E-state index contributed by atoms with van der Waals surface area (Å²) in [6.45, 7) is 8.10. The summed E-state index contributed by atoms with van der Waals surface area (Å²) in [7, 11) is 0. The lowest BCUT2D eigenvalue weighted by molar-refractivity contribution is 0.0956. The molecule has 1 heterocycles. The van der Waals surface area contributed by atoms with Gasteiger partial charge in [-0.2, -0.15) is 0 Å². The maximum atomic E-state index is 11.9. The molecule has 0 aliphatic rings. The van der Waals surface area contributed by atoms with Gasteiger partial charge in [0, 0.05) is 6.54 Å². The number of nitrogens with zero attached hydrogens (tertiary/aromatic N) is 1. The normalized spacial score (nSPS) is 12.1. The van der Waals surface area contributed by atoms with Crippen LogP contribution < -0.4 is 5.32 Å².